The van der Waals surface area contributed by atoms with Crippen LogP contribution < -0.4 is 0 Å². The number of hydrogen-bond donors (Lipinski definition) is 0. The second-order valence-electron chi connectivity index (χ2n) is 8.23. The van der Waals surface area contributed by atoms with E-state index in [0.29, 0.717) is 31.5 Å². The Balaban J connectivity index is 1.80. The molecular formula is C25H29NO4. The summed E-state index contributed by atoms with van der Waals surface area (Å²) in [5, 5.41) is 0. The molecule has 0 N–H and O–H groups in total. The Bertz CT molecular complexity index is 933. The molecule has 0 saturated carbocycles. The van der Waals surface area contributed by atoms with Gasteiger partial charge in [-0.2, -0.15) is 0 Å². The lowest BCUT2D eigenvalue weighted by Crippen LogP contribution is -2.49. The topological polar surface area (TPSA) is 63.7 Å². The van der Waals surface area contributed by atoms with Crippen molar-refractivity contribution in [3.8, 4) is 0 Å². The summed E-state index contributed by atoms with van der Waals surface area (Å²) in [6.45, 7) is 8.03. The van der Waals surface area contributed by atoms with Crippen molar-refractivity contribution in [2.45, 2.75) is 46.0 Å². The van der Waals surface area contributed by atoms with E-state index in [1.165, 1.54) is 0 Å². The van der Waals surface area contributed by atoms with Crippen molar-refractivity contribution in [1.82, 2.24) is 4.90 Å². The average molecular weight is 408 g/mol. The molecule has 1 fully saturated rings. The monoisotopic (exact) mass is 407 g/mol. The number of carbonyl (C=O) groups is 3. The van der Waals surface area contributed by atoms with Gasteiger partial charge >= 0.3 is 5.97 Å². The van der Waals surface area contributed by atoms with E-state index >= 15 is 0 Å². The summed E-state index contributed by atoms with van der Waals surface area (Å²) in [4.78, 5) is 39.6. The molecule has 5 heteroatoms. The minimum Gasteiger partial charge on any atom is -0.457 e. The number of rotatable bonds is 5. The molecule has 158 valence electrons. The number of ether oxygens (including phenoxy) is 1. The maximum absolute atomic E-state index is 13.3. The predicted molar refractivity (Wildman–Crippen MR) is 116 cm³/mol. The second-order valence-corrected chi connectivity index (χ2v) is 8.23. The standard InChI is InChI=1S/C25H29NO4/c1-17-14-18(2)23(19(3)15-17)22(28)16-30-24(29)25(21-8-6-5-7-9-21)10-12-26(13-11-25)20(4)27/h5-9,14-15H,10-13,16H2,1-4H3. The summed E-state index contributed by atoms with van der Waals surface area (Å²) in [5.41, 5.74) is 3.52. The van der Waals surface area contributed by atoms with Crippen LogP contribution in [-0.4, -0.2) is 42.3 Å². The van der Waals surface area contributed by atoms with Gasteiger partial charge in [0.25, 0.3) is 0 Å². The number of nitrogens with zero attached hydrogens (tertiary/aromatic N) is 1. The Labute approximate surface area is 178 Å². The number of likely N-dealkylation sites (tertiary alicyclic amines) is 1. The summed E-state index contributed by atoms with van der Waals surface area (Å²) in [5.74, 6) is -0.582. The van der Waals surface area contributed by atoms with Crippen LogP contribution in [0.3, 0.4) is 0 Å². The molecule has 5 nitrogen and oxygen atoms in total. The number of piperidine rings is 1. The first-order valence-electron chi connectivity index (χ1n) is 10.3. The van der Waals surface area contributed by atoms with Crippen molar-refractivity contribution in [2.24, 2.45) is 0 Å². The van der Waals surface area contributed by atoms with E-state index in [4.69, 9.17) is 4.74 Å². The van der Waals surface area contributed by atoms with Crippen LogP contribution in [-0.2, 0) is 19.7 Å². The minimum absolute atomic E-state index is 0.00512. The lowest BCUT2D eigenvalue weighted by atomic mass is 9.72. The highest BCUT2D eigenvalue weighted by molar-refractivity contribution is 6.01. The predicted octanol–water partition coefficient (Wildman–Crippen LogP) is 3.92. The molecule has 0 radical (unpaired) electrons. The van der Waals surface area contributed by atoms with E-state index in [1.54, 1.807) is 11.8 Å². The Morgan fingerprint density at radius 3 is 2.07 bits per heavy atom. The first kappa shape index (κ1) is 21.8. The molecule has 2 aromatic carbocycles. The number of amides is 1. The molecule has 3 rings (SSSR count). The number of Topliss-reactive ketones (excluding diaryl/α,β-unsaturated/α-hetero) is 1. The molecule has 30 heavy (non-hydrogen) atoms. The number of aryl methyl sites for hydroxylation is 3. The second kappa shape index (κ2) is 8.82. The Morgan fingerprint density at radius 1 is 0.967 bits per heavy atom. The van der Waals surface area contributed by atoms with Gasteiger partial charge in [0, 0.05) is 25.6 Å². The highest BCUT2D eigenvalue weighted by atomic mass is 16.5. The van der Waals surface area contributed by atoms with Gasteiger partial charge in [0.2, 0.25) is 11.7 Å². The van der Waals surface area contributed by atoms with Crippen LogP contribution in [0.5, 0.6) is 0 Å². The SMILES string of the molecule is CC(=O)N1CCC(C(=O)OCC(=O)c2c(C)cc(C)cc2C)(c2ccccc2)CC1. The molecule has 1 saturated heterocycles. The summed E-state index contributed by atoms with van der Waals surface area (Å²) in [7, 11) is 0. The highest BCUT2D eigenvalue weighted by Crippen LogP contribution is 2.37. The zero-order chi connectivity index (χ0) is 21.9. The van der Waals surface area contributed by atoms with Gasteiger partial charge in [0.05, 0.1) is 5.41 Å². The van der Waals surface area contributed by atoms with Crippen LogP contribution in [0.1, 0.15) is 52.4 Å². The molecule has 0 unspecified atom stereocenters. The molecule has 1 aliphatic heterocycles. The van der Waals surface area contributed by atoms with Crippen molar-refractivity contribution < 1.29 is 19.1 Å². The third kappa shape index (κ3) is 4.30. The van der Waals surface area contributed by atoms with Crippen LogP contribution in [0.25, 0.3) is 0 Å². The summed E-state index contributed by atoms with van der Waals surface area (Å²) < 4.78 is 5.60. The fourth-order valence-electron chi connectivity index (χ4n) is 4.53. The highest BCUT2D eigenvalue weighted by Gasteiger charge is 2.45. The van der Waals surface area contributed by atoms with Crippen LogP contribution in [0.4, 0.5) is 0 Å². The van der Waals surface area contributed by atoms with E-state index in [-0.39, 0.29) is 18.3 Å². The van der Waals surface area contributed by atoms with Gasteiger partial charge in [-0.25, -0.2) is 0 Å². The number of esters is 1. The number of hydrogen-bond acceptors (Lipinski definition) is 4. The molecule has 1 aliphatic rings. The van der Waals surface area contributed by atoms with Gasteiger partial charge in [0.1, 0.15) is 0 Å². The normalized spacial score (nSPS) is 15.5. The van der Waals surface area contributed by atoms with Gasteiger partial charge in [-0.15, -0.1) is 0 Å². The van der Waals surface area contributed by atoms with E-state index in [0.717, 1.165) is 22.3 Å². The maximum Gasteiger partial charge on any atom is 0.317 e. The van der Waals surface area contributed by atoms with Crippen LogP contribution >= 0.6 is 0 Å². The van der Waals surface area contributed by atoms with E-state index < -0.39 is 11.4 Å². The van der Waals surface area contributed by atoms with Gasteiger partial charge in [-0.3, -0.25) is 14.4 Å². The lowest BCUT2D eigenvalue weighted by molar-refractivity contribution is -0.153. The number of benzene rings is 2. The molecule has 2 aromatic rings. The van der Waals surface area contributed by atoms with Crippen molar-refractivity contribution in [1.29, 1.82) is 0 Å². The quantitative estimate of drug-likeness (QED) is 0.557. The number of ketones is 1. The first-order valence-corrected chi connectivity index (χ1v) is 10.3. The van der Waals surface area contributed by atoms with Gasteiger partial charge in [0.15, 0.2) is 6.61 Å². The summed E-state index contributed by atoms with van der Waals surface area (Å²) in [6, 6.07) is 13.5. The molecule has 0 aliphatic carbocycles. The van der Waals surface area contributed by atoms with E-state index in [1.807, 2.05) is 63.2 Å². The smallest absolute Gasteiger partial charge is 0.317 e. The number of carbonyl (C=O) groups excluding carboxylic acids is 3. The van der Waals surface area contributed by atoms with E-state index in [9.17, 15) is 14.4 Å². The summed E-state index contributed by atoms with van der Waals surface area (Å²) >= 11 is 0. The Hall–Kier alpha value is -2.95. The van der Waals surface area contributed by atoms with Crippen molar-refractivity contribution in [2.75, 3.05) is 19.7 Å². The largest absolute Gasteiger partial charge is 0.457 e. The zero-order valence-corrected chi connectivity index (χ0v) is 18.2. The van der Waals surface area contributed by atoms with Crippen molar-refractivity contribution in [3.05, 3.63) is 70.3 Å². The maximum atomic E-state index is 13.3. The average Bonchev–Trinajstić information content (AvgIpc) is 2.71. The molecule has 0 aromatic heterocycles. The third-order valence-electron chi connectivity index (χ3n) is 6.07. The molecule has 0 bridgehead atoms. The van der Waals surface area contributed by atoms with Gasteiger partial charge in [-0.05, 0) is 50.3 Å². The first-order chi connectivity index (χ1) is 14.2. The lowest BCUT2D eigenvalue weighted by Gasteiger charge is -2.40. The van der Waals surface area contributed by atoms with Gasteiger partial charge in [-0.1, -0.05) is 48.0 Å². The Morgan fingerprint density at radius 2 is 1.53 bits per heavy atom. The molecule has 0 atom stereocenters. The minimum atomic E-state index is -0.842. The fourth-order valence-corrected chi connectivity index (χ4v) is 4.53. The molecule has 1 amide bonds. The van der Waals surface area contributed by atoms with Gasteiger partial charge < -0.3 is 9.64 Å². The van der Waals surface area contributed by atoms with Crippen LogP contribution in [0.2, 0.25) is 0 Å². The Kier molecular flexibility index (Phi) is 6.40. The van der Waals surface area contributed by atoms with Crippen LogP contribution in [0, 0.1) is 20.8 Å². The van der Waals surface area contributed by atoms with Crippen molar-refractivity contribution in [3.63, 3.8) is 0 Å². The molecule has 1 heterocycles. The fraction of sp³-hybridized carbons (Fsp3) is 0.400. The van der Waals surface area contributed by atoms with Crippen LogP contribution in [0.15, 0.2) is 42.5 Å². The molecular weight excluding hydrogens is 378 g/mol. The van der Waals surface area contributed by atoms with Crippen molar-refractivity contribution >= 4 is 17.7 Å². The summed E-state index contributed by atoms with van der Waals surface area (Å²) in [6.07, 6.45) is 0.957. The third-order valence-corrected chi connectivity index (χ3v) is 6.07. The zero-order valence-electron chi connectivity index (χ0n) is 18.2. The molecule has 0 spiro atoms. The van der Waals surface area contributed by atoms with E-state index in [2.05, 4.69) is 0 Å².